The second-order valence-corrected chi connectivity index (χ2v) is 7.90. The summed E-state index contributed by atoms with van der Waals surface area (Å²) in [5.74, 6) is -0.683. The van der Waals surface area contributed by atoms with E-state index in [4.69, 9.17) is 5.11 Å². The number of rotatable bonds is 6. The minimum absolute atomic E-state index is 0.00115. The summed E-state index contributed by atoms with van der Waals surface area (Å²) in [4.78, 5) is 2.10. The molecule has 2 N–H and O–H groups in total. The molecule has 184 valence electrons. The maximum absolute atomic E-state index is 13.1. The smallest absolute Gasteiger partial charge is 0.405 e. The number of piperidine rings is 1. The molecule has 0 radical (unpaired) electrons. The molecule has 0 aliphatic carbocycles. The fraction of sp³-hybridized carbons (Fsp3) is 0.429. The molecule has 1 aliphatic heterocycles. The molecule has 3 aromatic rings. The first kappa shape index (κ1) is 24.1. The lowest BCUT2D eigenvalue weighted by Crippen LogP contribution is -2.43. The van der Waals surface area contributed by atoms with E-state index in [-0.39, 0.29) is 23.9 Å². The highest BCUT2D eigenvalue weighted by molar-refractivity contribution is 5.81. The van der Waals surface area contributed by atoms with Gasteiger partial charge in [0.05, 0.1) is 17.7 Å². The molecule has 13 heteroatoms. The van der Waals surface area contributed by atoms with Gasteiger partial charge in [-0.05, 0) is 49.7 Å². The number of likely N-dealkylation sites (tertiary alicyclic amines) is 1. The quantitative estimate of drug-likeness (QED) is 0.506. The molecule has 0 amide bonds. The van der Waals surface area contributed by atoms with Crippen molar-refractivity contribution in [2.45, 2.75) is 31.4 Å². The third-order valence-electron chi connectivity index (χ3n) is 5.51. The molecule has 3 heterocycles. The first-order valence-corrected chi connectivity index (χ1v) is 10.5. The van der Waals surface area contributed by atoms with E-state index >= 15 is 0 Å². The van der Waals surface area contributed by atoms with Gasteiger partial charge in [0, 0.05) is 30.9 Å². The normalized spacial score (nSPS) is 17.8. The van der Waals surface area contributed by atoms with Crippen molar-refractivity contribution in [1.82, 2.24) is 19.5 Å². The van der Waals surface area contributed by atoms with Crippen molar-refractivity contribution in [2.75, 3.05) is 31.6 Å². The van der Waals surface area contributed by atoms with Gasteiger partial charge < -0.3 is 15.2 Å². The molecule has 0 bridgehead atoms. The van der Waals surface area contributed by atoms with E-state index in [1.54, 1.807) is 22.7 Å². The minimum Gasteiger partial charge on any atom is -0.405 e. The third kappa shape index (κ3) is 5.36. The molecule has 4 rings (SSSR count). The lowest BCUT2D eigenvalue weighted by Gasteiger charge is -2.32. The van der Waals surface area contributed by atoms with Crippen LogP contribution in [0.25, 0.3) is 16.8 Å². The van der Waals surface area contributed by atoms with Crippen molar-refractivity contribution in [1.29, 1.82) is 0 Å². The zero-order valence-corrected chi connectivity index (χ0v) is 17.7. The lowest BCUT2D eigenvalue weighted by molar-refractivity contribution is -0.274. The Morgan fingerprint density at radius 3 is 2.62 bits per heavy atom. The van der Waals surface area contributed by atoms with Gasteiger partial charge in [0.15, 0.2) is 0 Å². The maximum atomic E-state index is 13.1. The van der Waals surface area contributed by atoms with Crippen LogP contribution in [0.3, 0.4) is 0 Å². The van der Waals surface area contributed by atoms with Crippen LogP contribution in [-0.4, -0.2) is 63.2 Å². The van der Waals surface area contributed by atoms with Crippen molar-refractivity contribution in [3.05, 3.63) is 42.1 Å². The summed E-state index contributed by atoms with van der Waals surface area (Å²) in [5, 5.41) is 20.6. The van der Waals surface area contributed by atoms with E-state index < -0.39 is 23.9 Å². The zero-order chi connectivity index (χ0) is 24.5. The van der Waals surface area contributed by atoms with E-state index in [0.29, 0.717) is 36.7 Å². The van der Waals surface area contributed by atoms with E-state index in [9.17, 15) is 26.3 Å². The van der Waals surface area contributed by atoms with Crippen LogP contribution in [0.4, 0.5) is 32.3 Å². The molecule has 1 aliphatic rings. The van der Waals surface area contributed by atoms with Gasteiger partial charge in [-0.25, -0.2) is 0 Å². The molecule has 34 heavy (non-hydrogen) atoms. The number of benzene rings is 1. The molecule has 7 nitrogen and oxygen atoms in total. The number of aliphatic hydroxyl groups excluding tert-OH is 1. The molecule has 0 unspecified atom stereocenters. The Bertz CT molecular complexity index is 1140. The van der Waals surface area contributed by atoms with Crippen LogP contribution in [0.2, 0.25) is 0 Å². The first-order chi connectivity index (χ1) is 16.0. The van der Waals surface area contributed by atoms with Crippen molar-refractivity contribution in [3.63, 3.8) is 0 Å². The number of hydrogen-bond acceptors (Lipinski definition) is 6. The van der Waals surface area contributed by atoms with E-state index in [0.717, 1.165) is 25.5 Å². The zero-order valence-electron chi connectivity index (χ0n) is 17.7. The number of ether oxygens (including phenoxy) is 1. The van der Waals surface area contributed by atoms with Crippen LogP contribution in [0, 0.1) is 0 Å². The van der Waals surface area contributed by atoms with Gasteiger partial charge in [0.1, 0.15) is 11.4 Å². The molecule has 1 atom stereocenters. The number of aromatic nitrogens is 3. The summed E-state index contributed by atoms with van der Waals surface area (Å²) in [6.45, 7) is 2.10. The Kier molecular flexibility index (Phi) is 6.58. The number of nitrogens with one attached hydrogen (secondary N) is 1. The molecule has 1 fully saturated rings. The number of anilines is 1. The molecular formula is C21H21F6N5O2. The average Bonchev–Trinajstić information content (AvgIpc) is 3.23. The molecular weight excluding hydrogens is 468 g/mol. The average molecular weight is 489 g/mol. The van der Waals surface area contributed by atoms with E-state index in [1.165, 1.54) is 0 Å². The van der Waals surface area contributed by atoms with Gasteiger partial charge in [-0.15, -0.1) is 23.4 Å². The van der Waals surface area contributed by atoms with E-state index in [2.05, 4.69) is 25.2 Å². The fourth-order valence-electron chi connectivity index (χ4n) is 4.05. The second-order valence-electron chi connectivity index (χ2n) is 7.90. The molecule has 1 saturated heterocycles. The summed E-state index contributed by atoms with van der Waals surface area (Å²) in [7, 11) is 0. The Balaban J connectivity index is 1.70. The fourth-order valence-corrected chi connectivity index (χ4v) is 4.05. The van der Waals surface area contributed by atoms with Gasteiger partial charge in [0.2, 0.25) is 5.95 Å². The van der Waals surface area contributed by atoms with Crippen LogP contribution < -0.4 is 10.1 Å². The number of halogens is 6. The van der Waals surface area contributed by atoms with Crippen molar-refractivity contribution < 1.29 is 36.2 Å². The summed E-state index contributed by atoms with van der Waals surface area (Å²) >= 11 is 0. The summed E-state index contributed by atoms with van der Waals surface area (Å²) in [6, 6.07) is 5.06. The lowest BCUT2D eigenvalue weighted by atomic mass is 10.1. The van der Waals surface area contributed by atoms with Gasteiger partial charge in [-0.1, -0.05) is 0 Å². The van der Waals surface area contributed by atoms with Crippen LogP contribution >= 0.6 is 0 Å². The Morgan fingerprint density at radius 1 is 1.12 bits per heavy atom. The highest BCUT2D eigenvalue weighted by Crippen LogP contribution is 2.40. The van der Waals surface area contributed by atoms with Gasteiger partial charge in [0.25, 0.3) is 0 Å². The second kappa shape index (κ2) is 9.29. The van der Waals surface area contributed by atoms with E-state index in [1.807, 2.05) is 0 Å². The first-order valence-electron chi connectivity index (χ1n) is 10.5. The number of alkyl halides is 6. The topological polar surface area (TPSA) is 74.9 Å². The van der Waals surface area contributed by atoms with Crippen molar-refractivity contribution in [3.8, 4) is 17.0 Å². The number of nitrogens with zero attached hydrogens (tertiary/aromatic N) is 4. The standard InChI is InChI=1S/C21H21F6N5O2/c22-20(23,24)13-5-6-15(17(11-13)34-21(25,26)27)18-16-4-2-8-32(16)19(30-29-18)28-14-3-1-7-31(12-14)9-10-33/h2,4-6,8,11,14,33H,1,3,7,9-10,12H2,(H,28,30)/t14-/m1/s1. The molecule has 0 saturated carbocycles. The Hall–Kier alpha value is -3.06. The number of hydrogen-bond donors (Lipinski definition) is 2. The molecule has 1 aromatic carbocycles. The monoisotopic (exact) mass is 489 g/mol. The predicted octanol–water partition coefficient (Wildman–Crippen LogP) is 4.18. The number of aliphatic hydroxyl groups is 1. The molecule has 0 spiro atoms. The van der Waals surface area contributed by atoms with Gasteiger partial charge in [-0.3, -0.25) is 9.30 Å². The highest BCUT2D eigenvalue weighted by Gasteiger charge is 2.36. The van der Waals surface area contributed by atoms with Crippen LogP contribution in [0.1, 0.15) is 18.4 Å². The van der Waals surface area contributed by atoms with Crippen LogP contribution in [-0.2, 0) is 6.18 Å². The summed E-state index contributed by atoms with van der Waals surface area (Å²) in [5.41, 5.74) is -1.28. The minimum atomic E-state index is -5.20. The Labute approximate surface area is 190 Å². The third-order valence-corrected chi connectivity index (χ3v) is 5.51. The van der Waals surface area contributed by atoms with Gasteiger partial charge in [-0.2, -0.15) is 13.2 Å². The summed E-state index contributed by atoms with van der Waals surface area (Å²) < 4.78 is 83.6. The Morgan fingerprint density at radius 2 is 1.91 bits per heavy atom. The predicted molar refractivity (Wildman–Crippen MR) is 110 cm³/mol. The SMILES string of the molecule is OCCN1CCC[C@@H](Nc2nnc(-c3ccc(C(F)(F)F)cc3OC(F)(F)F)c3cccn23)C1. The highest BCUT2D eigenvalue weighted by atomic mass is 19.4. The van der Waals surface area contributed by atoms with Gasteiger partial charge >= 0.3 is 12.5 Å². The van der Waals surface area contributed by atoms with Crippen LogP contribution in [0.15, 0.2) is 36.5 Å². The maximum Gasteiger partial charge on any atom is 0.573 e. The van der Waals surface area contributed by atoms with Crippen molar-refractivity contribution in [2.24, 2.45) is 0 Å². The largest absolute Gasteiger partial charge is 0.573 e. The number of β-amino-alcohol motifs (C(OH)–C–C–N with tert-alkyl or cyclic N) is 1. The summed E-state index contributed by atoms with van der Waals surface area (Å²) in [6.07, 6.45) is -6.68. The van der Waals surface area contributed by atoms with Crippen LogP contribution in [0.5, 0.6) is 5.75 Å². The molecule has 2 aromatic heterocycles. The van der Waals surface area contributed by atoms with Crippen molar-refractivity contribution >= 4 is 11.5 Å². The number of fused-ring (bicyclic) bond motifs is 1.